The van der Waals surface area contributed by atoms with Gasteiger partial charge in [0.05, 0.1) is 13.2 Å². The van der Waals surface area contributed by atoms with E-state index >= 15 is 0 Å². The highest BCUT2D eigenvalue weighted by Crippen LogP contribution is 2.08. The summed E-state index contributed by atoms with van der Waals surface area (Å²) in [4.78, 5) is 1.39. The first-order valence-corrected chi connectivity index (χ1v) is 7.28. The summed E-state index contributed by atoms with van der Waals surface area (Å²) in [6.07, 6.45) is 1.05. The molecule has 0 saturated carbocycles. The molecule has 0 unspecified atom stereocenters. The summed E-state index contributed by atoms with van der Waals surface area (Å²) in [7, 11) is 0. The van der Waals surface area contributed by atoms with Gasteiger partial charge in [-0.05, 0) is 23.9 Å². The van der Waals surface area contributed by atoms with Gasteiger partial charge in [0, 0.05) is 23.5 Å². The summed E-state index contributed by atoms with van der Waals surface area (Å²) in [6.45, 7) is 2.67. The Balaban J connectivity index is 1.52. The first kappa shape index (κ1) is 14.2. The highest BCUT2D eigenvalue weighted by atomic mass is 32.1. The Morgan fingerprint density at radius 3 is 2.79 bits per heavy atom. The number of thiophene rings is 1. The molecule has 0 atom stereocenters. The van der Waals surface area contributed by atoms with Crippen LogP contribution in [0.5, 0.6) is 0 Å². The van der Waals surface area contributed by atoms with Crippen LogP contribution in [0.25, 0.3) is 0 Å². The van der Waals surface area contributed by atoms with E-state index in [1.54, 1.807) is 23.5 Å². The van der Waals surface area contributed by atoms with Gasteiger partial charge in [-0.25, -0.2) is 4.39 Å². The first-order chi connectivity index (χ1) is 9.36. The van der Waals surface area contributed by atoms with Crippen molar-refractivity contribution in [2.45, 2.75) is 13.0 Å². The predicted molar refractivity (Wildman–Crippen MR) is 76.9 cm³/mol. The molecule has 0 spiro atoms. The summed E-state index contributed by atoms with van der Waals surface area (Å²) >= 11 is 1.78. The zero-order valence-electron chi connectivity index (χ0n) is 10.8. The molecule has 4 heteroatoms. The maximum atomic E-state index is 13.3. The van der Waals surface area contributed by atoms with Crippen molar-refractivity contribution >= 4 is 11.3 Å². The highest BCUT2D eigenvalue weighted by molar-refractivity contribution is 7.09. The van der Waals surface area contributed by atoms with Crippen molar-refractivity contribution in [1.82, 2.24) is 5.32 Å². The van der Waals surface area contributed by atoms with Gasteiger partial charge in [-0.1, -0.05) is 24.3 Å². The molecule has 0 saturated heterocycles. The Bertz CT molecular complexity index is 473. The van der Waals surface area contributed by atoms with Gasteiger partial charge in [0.2, 0.25) is 0 Å². The fourth-order valence-electron chi connectivity index (χ4n) is 1.73. The van der Waals surface area contributed by atoms with Crippen molar-refractivity contribution in [3.8, 4) is 0 Å². The average Bonchev–Trinajstić information content (AvgIpc) is 2.93. The number of hydrogen-bond donors (Lipinski definition) is 1. The smallest absolute Gasteiger partial charge is 0.128 e. The zero-order valence-corrected chi connectivity index (χ0v) is 11.6. The van der Waals surface area contributed by atoms with Crippen LogP contribution in [0.4, 0.5) is 4.39 Å². The molecule has 2 nitrogen and oxygen atoms in total. The van der Waals surface area contributed by atoms with Crippen LogP contribution in [-0.4, -0.2) is 19.7 Å². The molecule has 0 aliphatic rings. The van der Waals surface area contributed by atoms with Crippen molar-refractivity contribution in [3.63, 3.8) is 0 Å². The molecule has 0 aliphatic carbocycles. The van der Waals surface area contributed by atoms with Crippen LogP contribution in [0.15, 0.2) is 41.8 Å². The van der Waals surface area contributed by atoms with Gasteiger partial charge in [0.1, 0.15) is 5.82 Å². The van der Waals surface area contributed by atoms with Gasteiger partial charge >= 0.3 is 0 Å². The summed E-state index contributed by atoms with van der Waals surface area (Å²) in [5, 5.41) is 5.40. The van der Waals surface area contributed by atoms with E-state index < -0.39 is 0 Å². The number of halogens is 1. The largest absolute Gasteiger partial charge is 0.375 e. The third-order valence-corrected chi connectivity index (χ3v) is 3.70. The predicted octanol–water partition coefficient (Wildman–Crippen LogP) is 3.24. The summed E-state index contributed by atoms with van der Waals surface area (Å²) in [5.74, 6) is -0.201. The van der Waals surface area contributed by atoms with Crippen LogP contribution < -0.4 is 5.32 Å². The monoisotopic (exact) mass is 279 g/mol. The van der Waals surface area contributed by atoms with Gasteiger partial charge in [0.15, 0.2) is 0 Å². The van der Waals surface area contributed by atoms with Gasteiger partial charge in [0.25, 0.3) is 0 Å². The minimum absolute atomic E-state index is 0.201. The number of benzene rings is 1. The van der Waals surface area contributed by atoms with Crippen molar-refractivity contribution in [2.75, 3.05) is 19.7 Å². The minimum Gasteiger partial charge on any atom is -0.375 e. The molecule has 102 valence electrons. The Morgan fingerprint density at radius 2 is 2.00 bits per heavy atom. The van der Waals surface area contributed by atoms with Crippen LogP contribution in [0, 0.1) is 5.82 Å². The van der Waals surface area contributed by atoms with Crippen LogP contribution >= 0.6 is 11.3 Å². The van der Waals surface area contributed by atoms with Crippen molar-refractivity contribution in [3.05, 3.63) is 58.0 Å². The van der Waals surface area contributed by atoms with E-state index in [4.69, 9.17) is 4.74 Å². The molecule has 0 amide bonds. The topological polar surface area (TPSA) is 21.3 Å². The SMILES string of the molecule is Fc1ccccc1COCCNCCc1cccs1. The van der Waals surface area contributed by atoms with E-state index in [0.29, 0.717) is 18.8 Å². The molecule has 1 heterocycles. The summed E-state index contributed by atoms with van der Waals surface area (Å²) < 4.78 is 18.7. The van der Waals surface area contributed by atoms with Crippen LogP contribution in [-0.2, 0) is 17.8 Å². The normalized spacial score (nSPS) is 10.8. The van der Waals surface area contributed by atoms with Crippen LogP contribution in [0.2, 0.25) is 0 Å². The number of hydrogen-bond acceptors (Lipinski definition) is 3. The molecule has 0 aliphatic heterocycles. The molecule has 0 radical (unpaired) electrons. The van der Waals surface area contributed by atoms with Gasteiger partial charge in [-0.3, -0.25) is 0 Å². The maximum Gasteiger partial charge on any atom is 0.128 e. The number of rotatable bonds is 8. The second-order valence-corrected chi connectivity index (χ2v) is 5.26. The lowest BCUT2D eigenvalue weighted by Gasteiger charge is -2.06. The highest BCUT2D eigenvalue weighted by Gasteiger charge is 1.99. The quantitative estimate of drug-likeness (QED) is 0.749. The first-order valence-electron chi connectivity index (χ1n) is 6.40. The molecular formula is C15H18FNOS. The van der Waals surface area contributed by atoms with E-state index in [2.05, 4.69) is 22.8 Å². The molecule has 1 N–H and O–H groups in total. The Labute approximate surface area is 117 Å². The van der Waals surface area contributed by atoms with Crippen molar-refractivity contribution in [2.24, 2.45) is 0 Å². The van der Waals surface area contributed by atoms with Crippen molar-refractivity contribution < 1.29 is 9.13 Å². The fourth-order valence-corrected chi connectivity index (χ4v) is 2.44. The maximum absolute atomic E-state index is 13.3. The van der Waals surface area contributed by atoms with Crippen LogP contribution in [0.1, 0.15) is 10.4 Å². The summed E-state index contributed by atoms with van der Waals surface area (Å²) in [5.41, 5.74) is 0.612. The molecule has 0 bridgehead atoms. The van der Waals surface area contributed by atoms with Gasteiger partial charge in [-0.15, -0.1) is 11.3 Å². The molecule has 1 aromatic heterocycles. The van der Waals surface area contributed by atoms with E-state index in [1.165, 1.54) is 10.9 Å². The summed E-state index contributed by atoms with van der Waals surface area (Å²) in [6, 6.07) is 10.9. The Morgan fingerprint density at radius 1 is 1.11 bits per heavy atom. The minimum atomic E-state index is -0.201. The number of nitrogens with one attached hydrogen (secondary N) is 1. The van der Waals surface area contributed by atoms with E-state index in [-0.39, 0.29) is 5.82 Å². The lowest BCUT2D eigenvalue weighted by atomic mass is 10.2. The Kier molecular flexibility index (Phi) is 6.01. The van der Waals surface area contributed by atoms with Gasteiger partial charge < -0.3 is 10.1 Å². The van der Waals surface area contributed by atoms with E-state index in [0.717, 1.165) is 19.5 Å². The van der Waals surface area contributed by atoms with E-state index in [9.17, 15) is 4.39 Å². The molecule has 2 aromatic rings. The standard InChI is InChI=1S/C15H18FNOS/c16-15-6-2-1-4-13(15)12-18-10-9-17-8-7-14-5-3-11-19-14/h1-6,11,17H,7-10,12H2. The lowest BCUT2D eigenvalue weighted by molar-refractivity contribution is 0.120. The molecule has 0 fully saturated rings. The Hall–Kier alpha value is -1.23. The second-order valence-electron chi connectivity index (χ2n) is 4.22. The molecule has 2 rings (SSSR count). The second kappa shape index (κ2) is 8.04. The lowest BCUT2D eigenvalue weighted by Crippen LogP contribution is -2.22. The van der Waals surface area contributed by atoms with Gasteiger partial charge in [-0.2, -0.15) is 0 Å². The fraction of sp³-hybridized carbons (Fsp3) is 0.333. The number of ether oxygens (including phenoxy) is 1. The van der Waals surface area contributed by atoms with Crippen LogP contribution in [0.3, 0.4) is 0 Å². The zero-order chi connectivity index (χ0) is 13.3. The average molecular weight is 279 g/mol. The van der Waals surface area contributed by atoms with Crippen molar-refractivity contribution in [1.29, 1.82) is 0 Å². The molecule has 19 heavy (non-hydrogen) atoms. The third kappa shape index (κ3) is 5.11. The molecule has 1 aromatic carbocycles. The van der Waals surface area contributed by atoms with E-state index in [1.807, 2.05) is 6.07 Å². The third-order valence-electron chi connectivity index (χ3n) is 2.77. The molecular weight excluding hydrogens is 261 g/mol.